The molecule has 5 heteroatoms. The van der Waals surface area contributed by atoms with Crippen molar-refractivity contribution >= 4 is 17.0 Å². The van der Waals surface area contributed by atoms with Crippen molar-refractivity contribution in [2.24, 2.45) is 0 Å². The number of hydrogen-bond donors (Lipinski definition) is 0. The summed E-state index contributed by atoms with van der Waals surface area (Å²) in [6, 6.07) is 0. The van der Waals surface area contributed by atoms with Crippen molar-refractivity contribution in [1.29, 1.82) is 0 Å². The van der Waals surface area contributed by atoms with E-state index >= 15 is 0 Å². The first kappa shape index (κ1) is 11.7. The van der Waals surface area contributed by atoms with Crippen molar-refractivity contribution in [3.63, 3.8) is 0 Å². The van der Waals surface area contributed by atoms with Gasteiger partial charge >= 0.3 is 5.43 Å². The summed E-state index contributed by atoms with van der Waals surface area (Å²) in [5.74, 6) is 2.00. The second-order valence-corrected chi connectivity index (χ2v) is 4.39. The van der Waals surface area contributed by atoms with Crippen LogP contribution in [0.2, 0.25) is 0 Å². The number of ether oxygens (including phenoxy) is 3. The van der Waals surface area contributed by atoms with Crippen molar-refractivity contribution in [2.45, 2.75) is 37.1 Å². The van der Waals surface area contributed by atoms with Crippen LogP contribution in [-0.4, -0.2) is 30.0 Å². The molecule has 0 radical (unpaired) electrons. The zero-order valence-electron chi connectivity index (χ0n) is 8.83. The van der Waals surface area contributed by atoms with Gasteiger partial charge in [0.05, 0.1) is 13.2 Å². The Hall–Kier alpha value is -0.760. The van der Waals surface area contributed by atoms with Gasteiger partial charge in [-0.15, -0.1) is 6.42 Å². The standard InChI is InChI=1S/C11H13ClO4/c1-2-10(16-9(12)13)3-5-11(6-4-10)14-7-8-15-11/h1H,3-8H2. The highest BCUT2D eigenvalue weighted by Gasteiger charge is 2.47. The molecule has 1 aliphatic heterocycles. The molecule has 1 saturated heterocycles. The van der Waals surface area contributed by atoms with Gasteiger partial charge in [0, 0.05) is 37.3 Å². The van der Waals surface area contributed by atoms with E-state index in [1.54, 1.807) is 0 Å². The quantitative estimate of drug-likeness (QED) is 0.523. The lowest BCUT2D eigenvalue weighted by molar-refractivity contribution is -0.194. The SMILES string of the molecule is C#CC1(OC(=O)Cl)CCC2(CC1)OCCO2. The Balaban J connectivity index is 2.01. The van der Waals surface area contributed by atoms with Crippen LogP contribution >= 0.6 is 11.6 Å². The summed E-state index contributed by atoms with van der Waals surface area (Å²) >= 11 is 5.21. The van der Waals surface area contributed by atoms with E-state index in [1.807, 2.05) is 0 Å². The highest BCUT2D eigenvalue weighted by molar-refractivity contribution is 6.61. The zero-order valence-corrected chi connectivity index (χ0v) is 9.59. The Labute approximate surface area is 99.2 Å². The number of hydrogen-bond acceptors (Lipinski definition) is 4. The van der Waals surface area contributed by atoms with E-state index in [9.17, 15) is 4.79 Å². The Morgan fingerprint density at radius 3 is 2.25 bits per heavy atom. The minimum Gasteiger partial charge on any atom is -0.434 e. The van der Waals surface area contributed by atoms with E-state index in [-0.39, 0.29) is 0 Å². The lowest BCUT2D eigenvalue weighted by Crippen LogP contribution is -2.44. The largest absolute Gasteiger partial charge is 0.434 e. The third-order valence-corrected chi connectivity index (χ3v) is 3.25. The van der Waals surface area contributed by atoms with Gasteiger partial charge in [0.1, 0.15) is 0 Å². The van der Waals surface area contributed by atoms with Gasteiger partial charge in [-0.25, -0.2) is 4.79 Å². The molecule has 16 heavy (non-hydrogen) atoms. The molecule has 0 N–H and O–H groups in total. The summed E-state index contributed by atoms with van der Waals surface area (Å²) in [6.07, 6.45) is 7.69. The van der Waals surface area contributed by atoms with Crippen LogP contribution in [0.25, 0.3) is 0 Å². The van der Waals surface area contributed by atoms with Crippen LogP contribution in [0.1, 0.15) is 25.7 Å². The van der Waals surface area contributed by atoms with Crippen molar-refractivity contribution in [1.82, 2.24) is 0 Å². The first-order valence-corrected chi connectivity index (χ1v) is 5.62. The molecule has 0 aromatic heterocycles. The molecule has 2 fully saturated rings. The van der Waals surface area contributed by atoms with E-state index in [1.165, 1.54) is 0 Å². The van der Waals surface area contributed by atoms with Gasteiger partial charge in [0.15, 0.2) is 11.4 Å². The van der Waals surface area contributed by atoms with E-state index in [2.05, 4.69) is 5.92 Å². The van der Waals surface area contributed by atoms with Crippen LogP contribution in [0.5, 0.6) is 0 Å². The monoisotopic (exact) mass is 244 g/mol. The molecular weight excluding hydrogens is 232 g/mol. The van der Waals surface area contributed by atoms with Gasteiger partial charge in [-0.3, -0.25) is 0 Å². The number of halogens is 1. The summed E-state index contributed by atoms with van der Waals surface area (Å²) in [7, 11) is 0. The van der Waals surface area contributed by atoms with Crippen molar-refractivity contribution < 1.29 is 19.0 Å². The summed E-state index contributed by atoms with van der Waals surface area (Å²) in [4.78, 5) is 10.8. The third kappa shape index (κ3) is 2.17. The van der Waals surface area contributed by atoms with Gasteiger partial charge in [-0.05, 0) is 0 Å². The van der Waals surface area contributed by atoms with Crippen LogP contribution in [0.15, 0.2) is 0 Å². The highest BCUT2D eigenvalue weighted by atomic mass is 35.5. The van der Waals surface area contributed by atoms with Crippen molar-refractivity contribution in [2.75, 3.05) is 13.2 Å². The van der Waals surface area contributed by atoms with E-state index < -0.39 is 16.8 Å². The molecule has 0 amide bonds. The average Bonchev–Trinajstić information content (AvgIpc) is 2.71. The smallest absolute Gasteiger partial charge is 0.405 e. The molecule has 1 spiro atoms. The number of terminal acetylenes is 1. The number of carbonyl (C=O) groups excluding carboxylic acids is 1. The Morgan fingerprint density at radius 2 is 1.81 bits per heavy atom. The van der Waals surface area contributed by atoms with E-state index in [0.29, 0.717) is 38.9 Å². The molecule has 0 atom stereocenters. The van der Waals surface area contributed by atoms with Crippen LogP contribution in [-0.2, 0) is 14.2 Å². The molecule has 0 aromatic rings. The minimum atomic E-state index is -0.889. The minimum absolute atomic E-state index is 0.515. The maximum absolute atomic E-state index is 10.8. The molecule has 2 rings (SSSR count). The maximum Gasteiger partial charge on any atom is 0.405 e. The maximum atomic E-state index is 10.8. The van der Waals surface area contributed by atoms with Crippen LogP contribution in [0, 0.1) is 12.3 Å². The topological polar surface area (TPSA) is 44.8 Å². The van der Waals surface area contributed by atoms with Crippen LogP contribution < -0.4 is 0 Å². The molecular formula is C11H13ClO4. The van der Waals surface area contributed by atoms with Gasteiger partial charge in [0.25, 0.3) is 0 Å². The Kier molecular flexibility index (Phi) is 3.11. The van der Waals surface area contributed by atoms with Gasteiger partial charge in [-0.2, -0.15) is 0 Å². The molecule has 2 aliphatic rings. The molecule has 1 aliphatic carbocycles. The molecule has 0 aromatic carbocycles. The summed E-state index contributed by atoms with van der Waals surface area (Å²) in [6.45, 7) is 1.22. The number of rotatable bonds is 1. The Morgan fingerprint density at radius 1 is 1.25 bits per heavy atom. The Bertz CT molecular complexity index is 317. The zero-order chi connectivity index (χ0) is 11.6. The first-order valence-electron chi connectivity index (χ1n) is 5.24. The van der Waals surface area contributed by atoms with Crippen LogP contribution in [0.4, 0.5) is 4.79 Å². The fraction of sp³-hybridized carbons (Fsp3) is 0.727. The number of carbonyl (C=O) groups is 1. The normalized spacial score (nSPS) is 26.2. The van der Waals surface area contributed by atoms with E-state index in [4.69, 9.17) is 32.2 Å². The van der Waals surface area contributed by atoms with Gasteiger partial charge < -0.3 is 14.2 Å². The molecule has 0 unspecified atom stereocenters. The average molecular weight is 245 g/mol. The van der Waals surface area contributed by atoms with Gasteiger partial charge in [0.2, 0.25) is 0 Å². The predicted octanol–water partition coefficient (Wildman–Crippen LogP) is 2.05. The molecule has 1 heterocycles. The summed E-state index contributed by atoms with van der Waals surface area (Å²) in [5, 5.41) is 0. The van der Waals surface area contributed by atoms with Gasteiger partial charge in [-0.1, -0.05) is 5.92 Å². The van der Waals surface area contributed by atoms with E-state index in [0.717, 1.165) is 0 Å². The summed E-state index contributed by atoms with van der Waals surface area (Å²) in [5.41, 5.74) is -1.75. The van der Waals surface area contributed by atoms with Crippen molar-refractivity contribution in [3.05, 3.63) is 0 Å². The fourth-order valence-corrected chi connectivity index (χ4v) is 2.40. The fourth-order valence-electron chi connectivity index (χ4n) is 2.25. The lowest BCUT2D eigenvalue weighted by Gasteiger charge is -2.39. The molecule has 0 bridgehead atoms. The highest BCUT2D eigenvalue weighted by Crippen LogP contribution is 2.41. The third-order valence-electron chi connectivity index (χ3n) is 3.17. The lowest BCUT2D eigenvalue weighted by atomic mass is 9.81. The predicted molar refractivity (Wildman–Crippen MR) is 57.0 cm³/mol. The second-order valence-electron chi connectivity index (χ2n) is 4.09. The first-order chi connectivity index (χ1) is 7.60. The molecule has 88 valence electrons. The molecule has 1 saturated carbocycles. The summed E-state index contributed by atoms with van der Waals surface area (Å²) < 4.78 is 16.1. The van der Waals surface area contributed by atoms with Crippen LogP contribution in [0.3, 0.4) is 0 Å². The second kappa shape index (κ2) is 4.25. The van der Waals surface area contributed by atoms with Crippen molar-refractivity contribution in [3.8, 4) is 12.3 Å². The molecule has 4 nitrogen and oxygen atoms in total.